The number of hydrogen-bond donors (Lipinski definition) is 1. The summed E-state index contributed by atoms with van der Waals surface area (Å²) in [5.41, 5.74) is -0.968. The van der Waals surface area contributed by atoms with E-state index in [1.54, 1.807) is 0 Å². The molecule has 0 bridgehead atoms. The topological polar surface area (TPSA) is 72.7 Å². The van der Waals surface area contributed by atoms with Crippen molar-refractivity contribution in [3.63, 3.8) is 0 Å². The number of anilines is 1. The van der Waals surface area contributed by atoms with Gasteiger partial charge in [-0.1, -0.05) is 23.4 Å². The number of nitrogens with zero attached hydrogens (tertiary/aromatic N) is 4. The van der Waals surface area contributed by atoms with E-state index in [1.807, 2.05) is 0 Å². The lowest BCUT2D eigenvalue weighted by Crippen LogP contribution is -2.16. The number of hydrogen-bond acceptors (Lipinski definition) is 5. The summed E-state index contributed by atoms with van der Waals surface area (Å²) in [5, 5.41) is 11.3. The molecule has 0 unspecified atom stereocenters. The SMILES string of the molecule is O=C(CSc1nnc(C2CC2)n1C1CC1)Nc1ncc(C(F)(F)F)cc1Cl. The lowest BCUT2D eigenvalue weighted by atomic mass is 10.3. The van der Waals surface area contributed by atoms with Gasteiger partial charge in [-0.3, -0.25) is 4.79 Å². The maximum Gasteiger partial charge on any atom is 0.417 e. The summed E-state index contributed by atoms with van der Waals surface area (Å²) >= 11 is 7.05. The predicted octanol–water partition coefficient (Wildman–Crippen LogP) is 4.29. The second-order valence-corrected chi connectivity index (χ2v) is 7.95. The molecule has 0 aromatic carbocycles. The molecular formula is C16H15ClF3N5OS. The second kappa shape index (κ2) is 6.97. The molecule has 2 heterocycles. The summed E-state index contributed by atoms with van der Waals surface area (Å²) in [5.74, 6) is 0.975. The summed E-state index contributed by atoms with van der Waals surface area (Å²) in [6, 6.07) is 1.15. The van der Waals surface area contributed by atoms with Crippen LogP contribution in [0.4, 0.5) is 19.0 Å². The Morgan fingerprint density at radius 2 is 2.04 bits per heavy atom. The first-order valence-corrected chi connectivity index (χ1v) is 9.79. The van der Waals surface area contributed by atoms with Crippen LogP contribution in [0.5, 0.6) is 0 Å². The third-order valence-electron chi connectivity index (χ3n) is 4.30. The van der Waals surface area contributed by atoms with Crippen LogP contribution in [0.3, 0.4) is 0 Å². The van der Waals surface area contributed by atoms with Gasteiger partial charge in [0.1, 0.15) is 5.82 Å². The van der Waals surface area contributed by atoms with E-state index in [4.69, 9.17) is 11.6 Å². The Bertz CT molecular complexity index is 879. The van der Waals surface area contributed by atoms with Gasteiger partial charge in [0, 0.05) is 18.2 Å². The van der Waals surface area contributed by atoms with E-state index in [9.17, 15) is 18.0 Å². The van der Waals surface area contributed by atoms with Gasteiger partial charge in [0.05, 0.1) is 16.3 Å². The third kappa shape index (κ3) is 4.21. The summed E-state index contributed by atoms with van der Waals surface area (Å²) in [6.45, 7) is 0. The number of carbonyl (C=O) groups excluding carboxylic acids is 1. The Hall–Kier alpha value is -1.81. The molecular weight excluding hydrogens is 403 g/mol. The van der Waals surface area contributed by atoms with Gasteiger partial charge in [0.15, 0.2) is 11.0 Å². The van der Waals surface area contributed by atoms with Gasteiger partial charge in [0.2, 0.25) is 5.91 Å². The first-order chi connectivity index (χ1) is 12.8. The van der Waals surface area contributed by atoms with Crippen LogP contribution in [0.15, 0.2) is 17.4 Å². The molecule has 0 radical (unpaired) electrons. The van der Waals surface area contributed by atoms with E-state index in [-0.39, 0.29) is 16.6 Å². The minimum absolute atomic E-state index is 0.0363. The number of halogens is 4. The Labute approximate surface area is 161 Å². The van der Waals surface area contributed by atoms with Crippen LogP contribution in [-0.4, -0.2) is 31.4 Å². The smallest absolute Gasteiger partial charge is 0.309 e. The maximum absolute atomic E-state index is 12.6. The highest BCUT2D eigenvalue weighted by Crippen LogP contribution is 2.46. The fourth-order valence-electron chi connectivity index (χ4n) is 2.67. The minimum atomic E-state index is -4.54. The monoisotopic (exact) mass is 417 g/mol. The molecule has 2 aromatic rings. The molecule has 1 N–H and O–H groups in total. The number of carbonyl (C=O) groups is 1. The summed E-state index contributed by atoms with van der Waals surface area (Å²) in [4.78, 5) is 15.8. The van der Waals surface area contributed by atoms with Crippen molar-refractivity contribution in [1.29, 1.82) is 0 Å². The minimum Gasteiger partial charge on any atom is -0.309 e. The lowest BCUT2D eigenvalue weighted by molar-refractivity contribution is -0.137. The molecule has 0 saturated heterocycles. The molecule has 0 spiro atoms. The van der Waals surface area contributed by atoms with Gasteiger partial charge in [-0.15, -0.1) is 10.2 Å². The summed E-state index contributed by atoms with van der Waals surface area (Å²) in [7, 11) is 0. The fourth-order valence-corrected chi connectivity index (χ4v) is 3.69. The molecule has 27 heavy (non-hydrogen) atoms. The molecule has 2 fully saturated rings. The summed E-state index contributed by atoms with van der Waals surface area (Å²) < 4.78 is 40.0. The third-order valence-corrected chi connectivity index (χ3v) is 5.54. The molecule has 2 aliphatic rings. The van der Waals surface area contributed by atoms with Crippen molar-refractivity contribution in [3.05, 3.63) is 28.7 Å². The van der Waals surface area contributed by atoms with Crippen molar-refractivity contribution in [2.45, 2.75) is 49.0 Å². The first-order valence-electron chi connectivity index (χ1n) is 8.43. The van der Waals surface area contributed by atoms with E-state index >= 15 is 0 Å². The van der Waals surface area contributed by atoms with Crippen molar-refractivity contribution >= 4 is 35.1 Å². The second-order valence-electron chi connectivity index (χ2n) is 6.61. The van der Waals surface area contributed by atoms with Crippen LogP contribution in [-0.2, 0) is 11.0 Å². The van der Waals surface area contributed by atoms with Crippen LogP contribution in [0.1, 0.15) is 49.0 Å². The highest BCUT2D eigenvalue weighted by Gasteiger charge is 2.36. The Morgan fingerprint density at radius 3 is 2.63 bits per heavy atom. The number of rotatable bonds is 6. The number of thioether (sulfide) groups is 1. The molecule has 2 aliphatic carbocycles. The molecule has 0 aliphatic heterocycles. The molecule has 144 valence electrons. The van der Waals surface area contributed by atoms with Gasteiger partial charge in [0.25, 0.3) is 0 Å². The van der Waals surface area contributed by atoms with E-state index in [2.05, 4.69) is 25.1 Å². The zero-order valence-electron chi connectivity index (χ0n) is 14.0. The average molecular weight is 418 g/mol. The van der Waals surface area contributed by atoms with Crippen molar-refractivity contribution in [2.75, 3.05) is 11.1 Å². The number of amides is 1. The van der Waals surface area contributed by atoms with Gasteiger partial charge >= 0.3 is 6.18 Å². The summed E-state index contributed by atoms with van der Waals surface area (Å²) in [6.07, 6.45) is 0.509. The van der Waals surface area contributed by atoms with Gasteiger partial charge < -0.3 is 9.88 Å². The highest BCUT2D eigenvalue weighted by atomic mass is 35.5. The van der Waals surface area contributed by atoms with Gasteiger partial charge in [-0.25, -0.2) is 4.98 Å². The van der Waals surface area contributed by atoms with Crippen molar-refractivity contribution < 1.29 is 18.0 Å². The van der Waals surface area contributed by atoms with Gasteiger partial charge in [-0.05, 0) is 31.7 Å². The molecule has 0 atom stereocenters. The first kappa shape index (κ1) is 18.5. The van der Waals surface area contributed by atoms with E-state index < -0.39 is 17.6 Å². The van der Waals surface area contributed by atoms with E-state index in [0.717, 1.165) is 37.6 Å². The normalized spacial score (nSPS) is 17.2. The highest BCUT2D eigenvalue weighted by molar-refractivity contribution is 7.99. The average Bonchev–Trinajstić information content (AvgIpc) is 3.52. The lowest BCUT2D eigenvalue weighted by Gasteiger charge is -2.10. The number of aromatic nitrogens is 4. The zero-order chi connectivity index (χ0) is 19.2. The van der Waals surface area contributed by atoms with Gasteiger partial charge in [-0.2, -0.15) is 13.2 Å². The Kier molecular flexibility index (Phi) is 4.79. The number of pyridine rings is 1. The molecule has 4 rings (SSSR count). The van der Waals surface area contributed by atoms with Crippen molar-refractivity contribution in [1.82, 2.24) is 19.7 Å². The maximum atomic E-state index is 12.6. The van der Waals surface area contributed by atoms with Crippen LogP contribution in [0.25, 0.3) is 0 Å². The van der Waals surface area contributed by atoms with Crippen LogP contribution in [0.2, 0.25) is 5.02 Å². The quantitative estimate of drug-likeness (QED) is 0.710. The van der Waals surface area contributed by atoms with Crippen LogP contribution >= 0.6 is 23.4 Å². The van der Waals surface area contributed by atoms with E-state index in [0.29, 0.717) is 23.3 Å². The number of alkyl halides is 3. The molecule has 11 heteroatoms. The molecule has 2 saturated carbocycles. The van der Waals surface area contributed by atoms with Crippen molar-refractivity contribution in [3.8, 4) is 0 Å². The standard InChI is InChI=1S/C16H15ClF3N5OS/c17-11-5-9(16(18,19)20)6-21-13(11)22-12(26)7-27-15-24-23-14(8-1-2-8)25(15)10-3-4-10/h5-6,8,10H,1-4,7H2,(H,21,22,26). The molecule has 6 nitrogen and oxygen atoms in total. The zero-order valence-corrected chi connectivity index (χ0v) is 15.5. The van der Waals surface area contributed by atoms with Crippen molar-refractivity contribution in [2.24, 2.45) is 0 Å². The predicted molar refractivity (Wildman–Crippen MR) is 93.9 cm³/mol. The van der Waals surface area contributed by atoms with Crippen LogP contribution in [0, 0.1) is 0 Å². The van der Waals surface area contributed by atoms with E-state index in [1.165, 1.54) is 11.8 Å². The molecule has 2 aromatic heterocycles. The Morgan fingerprint density at radius 1 is 1.30 bits per heavy atom. The largest absolute Gasteiger partial charge is 0.417 e. The van der Waals surface area contributed by atoms with Crippen LogP contribution < -0.4 is 5.32 Å². The Balaban J connectivity index is 1.39. The fraction of sp³-hybridized carbons (Fsp3) is 0.500. The number of nitrogens with one attached hydrogen (secondary N) is 1. The molecule has 1 amide bonds.